The number of hydrogen-bond acceptors (Lipinski definition) is 2. The van der Waals surface area contributed by atoms with Crippen LogP contribution in [0.5, 0.6) is 11.5 Å². The summed E-state index contributed by atoms with van der Waals surface area (Å²) in [6, 6.07) is 12.7. The number of hydrogen-bond donors (Lipinski definition) is 2. The van der Waals surface area contributed by atoms with Crippen molar-refractivity contribution in [2.75, 3.05) is 0 Å². The molecule has 0 saturated heterocycles. The molecule has 2 nitrogen and oxygen atoms in total. The van der Waals surface area contributed by atoms with Crippen molar-refractivity contribution < 1.29 is 45.2 Å². The van der Waals surface area contributed by atoms with Gasteiger partial charge in [-0.2, -0.15) is 12.2 Å². The van der Waals surface area contributed by atoms with Crippen LogP contribution in [0.2, 0.25) is 0 Å². The van der Waals surface area contributed by atoms with Gasteiger partial charge in [-0.05, 0) is 12.1 Å². The molecule has 2 aromatic carbocycles. The number of halogens is 2. The van der Waals surface area contributed by atoms with Crippen molar-refractivity contribution in [3.63, 3.8) is 0 Å². The number of para-hydroxylation sites is 2. The number of allylic oxidation sites excluding steroid dienone is 8. The molecule has 0 aromatic heterocycles. The van der Waals surface area contributed by atoms with E-state index < -0.39 is 13.3 Å². The van der Waals surface area contributed by atoms with Gasteiger partial charge in [0.1, 0.15) is 24.8 Å². The molecule has 2 aromatic rings. The van der Waals surface area contributed by atoms with Crippen molar-refractivity contribution >= 4 is 0 Å². The van der Waals surface area contributed by atoms with Crippen molar-refractivity contribution in [1.29, 1.82) is 0 Å². The fourth-order valence-corrected chi connectivity index (χ4v) is 1.93. The van der Waals surface area contributed by atoms with E-state index in [9.17, 15) is 8.78 Å². The van der Waals surface area contributed by atoms with Gasteiger partial charge in [-0.25, -0.2) is 33.1 Å². The second-order valence-corrected chi connectivity index (χ2v) is 5.53. The third-order valence-electron chi connectivity index (χ3n) is 3.44. The van der Waals surface area contributed by atoms with Crippen LogP contribution in [-0.4, -0.2) is 10.2 Å². The zero-order valence-electron chi connectivity index (χ0n) is 16.1. The second-order valence-electron chi connectivity index (χ2n) is 5.53. The van der Waals surface area contributed by atoms with E-state index in [4.69, 9.17) is 10.2 Å². The zero-order chi connectivity index (χ0) is 20.5. The maximum atomic E-state index is 11.8. The van der Waals surface area contributed by atoms with Crippen LogP contribution in [-0.2, 0) is 39.6 Å². The standard InChI is InChI=1S/2C7H7FO.2C5H5.Zr/c2*8-5-6-3-1-2-4-7(6)9;2*1-2-4-5-3-1;/h2*1-4,9H,5H2;2*1-3H,4H2;/q;;2*-1;+2. The van der Waals surface area contributed by atoms with E-state index in [2.05, 4.69) is 24.3 Å². The summed E-state index contributed by atoms with van der Waals surface area (Å²) in [5.41, 5.74) is 0.690. The number of rotatable bonds is 2. The summed E-state index contributed by atoms with van der Waals surface area (Å²) in [4.78, 5) is 0. The molecule has 0 amide bonds. The van der Waals surface area contributed by atoms with Crippen LogP contribution in [0.15, 0.2) is 85.0 Å². The molecule has 0 unspecified atom stereocenters. The van der Waals surface area contributed by atoms with E-state index in [1.54, 1.807) is 36.4 Å². The van der Waals surface area contributed by atoms with E-state index >= 15 is 0 Å². The van der Waals surface area contributed by atoms with Gasteiger partial charge in [0.25, 0.3) is 0 Å². The molecular formula is C24H24F2O2Zr. The van der Waals surface area contributed by atoms with Gasteiger partial charge in [0.15, 0.2) is 0 Å². The van der Waals surface area contributed by atoms with E-state index in [0.29, 0.717) is 11.1 Å². The van der Waals surface area contributed by atoms with Crippen molar-refractivity contribution in [3.05, 3.63) is 108 Å². The molecule has 0 spiro atoms. The first-order valence-electron chi connectivity index (χ1n) is 8.78. The molecule has 0 bridgehead atoms. The molecule has 0 fully saturated rings. The molecule has 150 valence electrons. The minimum Gasteiger partial charge on any atom is -0.508 e. The Balaban J connectivity index is 0.000000369. The first kappa shape index (κ1) is 26.7. The number of aromatic hydroxyl groups is 2. The molecule has 4 rings (SSSR count). The second kappa shape index (κ2) is 17.8. The molecule has 0 radical (unpaired) electrons. The van der Waals surface area contributed by atoms with Gasteiger partial charge in [-0.1, -0.05) is 36.4 Å². The third kappa shape index (κ3) is 12.7. The van der Waals surface area contributed by atoms with E-state index in [0.717, 1.165) is 12.8 Å². The number of alkyl halides is 2. The molecule has 29 heavy (non-hydrogen) atoms. The van der Waals surface area contributed by atoms with Crippen LogP contribution in [0.4, 0.5) is 8.78 Å². The fraction of sp³-hybridized carbons (Fsp3) is 0.167. The summed E-state index contributed by atoms with van der Waals surface area (Å²) >= 11 is 0. The first-order valence-corrected chi connectivity index (χ1v) is 8.78. The summed E-state index contributed by atoms with van der Waals surface area (Å²) < 4.78 is 23.7. The molecule has 0 atom stereocenters. The molecule has 2 N–H and O–H groups in total. The van der Waals surface area contributed by atoms with Crippen LogP contribution in [0.3, 0.4) is 0 Å². The average Bonchev–Trinajstić information content (AvgIpc) is 3.48. The minimum atomic E-state index is -0.604. The molecule has 0 heterocycles. The van der Waals surface area contributed by atoms with E-state index in [-0.39, 0.29) is 37.7 Å². The number of benzene rings is 2. The van der Waals surface area contributed by atoms with Crippen molar-refractivity contribution in [2.45, 2.75) is 26.2 Å². The zero-order valence-corrected chi connectivity index (χ0v) is 18.5. The molecule has 5 heteroatoms. The van der Waals surface area contributed by atoms with Crippen LogP contribution in [0.25, 0.3) is 0 Å². The van der Waals surface area contributed by atoms with Crippen molar-refractivity contribution in [1.82, 2.24) is 0 Å². The van der Waals surface area contributed by atoms with Crippen LogP contribution in [0.1, 0.15) is 24.0 Å². The topological polar surface area (TPSA) is 40.5 Å². The SMILES string of the molecule is Oc1ccccc1CF.Oc1ccccc1CF.[C-]1=CC=CC1.[C-]1=CC=CC1.[Zr+2]. The molecule has 2 aliphatic carbocycles. The maximum absolute atomic E-state index is 11.8. The normalized spacial score (nSPS) is 11.9. The largest absolute Gasteiger partial charge is 2.00 e. The number of phenols is 2. The van der Waals surface area contributed by atoms with Gasteiger partial charge in [-0.3, -0.25) is 12.2 Å². The maximum Gasteiger partial charge on any atom is 2.00 e. The summed E-state index contributed by atoms with van der Waals surface area (Å²) in [6.07, 6.45) is 20.0. The predicted octanol–water partition coefficient (Wildman–Crippen LogP) is 6.33. The Hall–Kier alpha value is -2.26. The Labute approximate surface area is 190 Å². The molecule has 0 aliphatic heterocycles. The quantitative estimate of drug-likeness (QED) is 0.500. The smallest absolute Gasteiger partial charge is 0.508 e. The van der Waals surface area contributed by atoms with Crippen LogP contribution in [0, 0.1) is 12.2 Å². The molecule has 2 aliphatic rings. The minimum absolute atomic E-state index is 0. The van der Waals surface area contributed by atoms with Crippen LogP contribution < -0.4 is 0 Å². The predicted molar refractivity (Wildman–Crippen MR) is 109 cm³/mol. The third-order valence-corrected chi connectivity index (χ3v) is 3.44. The van der Waals surface area contributed by atoms with Crippen molar-refractivity contribution in [3.8, 4) is 11.5 Å². The Morgan fingerprint density at radius 2 is 1.07 bits per heavy atom. The fourth-order valence-electron chi connectivity index (χ4n) is 1.93. The Morgan fingerprint density at radius 3 is 1.24 bits per heavy atom. The van der Waals surface area contributed by atoms with Gasteiger partial charge in [0, 0.05) is 11.1 Å². The van der Waals surface area contributed by atoms with E-state index in [1.807, 2.05) is 24.3 Å². The van der Waals surface area contributed by atoms with Gasteiger partial charge in [0.2, 0.25) is 0 Å². The Morgan fingerprint density at radius 1 is 0.690 bits per heavy atom. The average molecular weight is 474 g/mol. The summed E-state index contributed by atoms with van der Waals surface area (Å²) in [6.45, 7) is -1.21. The number of phenolic OH excluding ortho intramolecular Hbond substituents is 2. The Bertz CT molecular complexity index is 711. The first-order chi connectivity index (χ1) is 13.7. The molecular weight excluding hydrogens is 449 g/mol. The monoisotopic (exact) mass is 472 g/mol. The summed E-state index contributed by atoms with van der Waals surface area (Å²) in [5, 5.41) is 17.7. The summed E-state index contributed by atoms with van der Waals surface area (Å²) in [7, 11) is 0. The Kier molecular flexibility index (Phi) is 16.4. The van der Waals surface area contributed by atoms with Crippen molar-refractivity contribution in [2.24, 2.45) is 0 Å². The summed E-state index contributed by atoms with van der Waals surface area (Å²) in [5.74, 6) is 0.0556. The molecule has 0 saturated carbocycles. The van der Waals surface area contributed by atoms with Gasteiger partial charge in [0.05, 0.1) is 0 Å². The van der Waals surface area contributed by atoms with Gasteiger partial charge >= 0.3 is 26.2 Å². The van der Waals surface area contributed by atoms with Gasteiger partial charge in [-0.15, -0.1) is 12.8 Å². The van der Waals surface area contributed by atoms with E-state index in [1.165, 1.54) is 12.1 Å². The van der Waals surface area contributed by atoms with Crippen LogP contribution >= 0.6 is 0 Å². The van der Waals surface area contributed by atoms with Gasteiger partial charge < -0.3 is 10.2 Å².